The summed E-state index contributed by atoms with van der Waals surface area (Å²) in [5, 5.41) is 6.68. The number of anilines is 1. The molecule has 2 rings (SSSR count). The molecule has 0 bridgehead atoms. The SMILES string of the molecule is COc1ccc(NC(=O)CCc2nc(C(C)(C)C)no2)cn1. The standard InChI is InChI=1S/C15H20N4O3/c1-15(2,3)14-18-13(22-19-14)8-6-11(20)17-10-5-7-12(21-4)16-9-10/h5,7,9H,6,8H2,1-4H3,(H,17,20). The van der Waals surface area contributed by atoms with Gasteiger partial charge in [-0.15, -0.1) is 0 Å². The van der Waals surface area contributed by atoms with E-state index in [4.69, 9.17) is 9.26 Å². The van der Waals surface area contributed by atoms with Crippen molar-refractivity contribution in [3.8, 4) is 5.88 Å². The van der Waals surface area contributed by atoms with Crippen LogP contribution in [0.1, 0.15) is 38.9 Å². The van der Waals surface area contributed by atoms with Gasteiger partial charge in [0.25, 0.3) is 0 Å². The Bertz CT molecular complexity index is 629. The lowest BCUT2D eigenvalue weighted by atomic mass is 9.96. The summed E-state index contributed by atoms with van der Waals surface area (Å²) in [5.41, 5.74) is 0.449. The van der Waals surface area contributed by atoms with E-state index in [9.17, 15) is 4.79 Å². The number of rotatable bonds is 5. The lowest BCUT2D eigenvalue weighted by Crippen LogP contribution is -2.14. The molecular formula is C15H20N4O3. The number of hydrogen-bond acceptors (Lipinski definition) is 6. The van der Waals surface area contributed by atoms with Gasteiger partial charge in [0.15, 0.2) is 5.82 Å². The quantitative estimate of drug-likeness (QED) is 0.911. The Labute approximate surface area is 129 Å². The number of aromatic nitrogens is 3. The molecule has 1 N–H and O–H groups in total. The lowest BCUT2D eigenvalue weighted by molar-refractivity contribution is -0.116. The van der Waals surface area contributed by atoms with Crippen LogP contribution in [0.2, 0.25) is 0 Å². The largest absolute Gasteiger partial charge is 0.481 e. The molecular weight excluding hydrogens is 284 g/mol. The Morgan fingerprint density at radius 3 is 2.68 bits per heavy atom. The van der Waals surface area contributed by atoms with Crippen molar-refractivity contribution in [2.24, 2.45) is 0 Å². The lowest BCUT2D eigenvalue weighted by Gasteiger charge is -2.10. The molecule has 0 saturated carbocycles. The fourth-order valence-corrected chi connectivity index (χ4v) is 1.68. The van der Waals surface area contributed by atoms with Gasteiger partial charge in [0.1, 0.15) is 0 Å². The molecule has 2 aromatic rings. The Balaban J connectivity index is 1.85. The molecule has 0 radical (unpaired) electrons. The van der Waals surface area contributed by atoms with Crippen LogP contribution in [0.5, 0.6) is 5.88 Å². The summed E-state index contributed by atoms with van der Waals surface area (Å²) in [4.78, 5) is 20.2. The number of nitrogens with zero attached hydrogens (tertiary/aromatic N) is 3. The van der Waals surface area contributed by atoms with Gasteiger partial charge < -0.3 is 14.6 Å². The predicted molar refractivity (Wildman–Crippen MR) is 80.7 cm³/mol. The van der Waals surface area contributed by atoms with Crippen LogP contribution >= 0.6 is 0 Å². The van der Waals surface area contributed by atoms with E-state index in [-0.39, 0.29) is 17.7 Å². The first-order valence-electron chi connectivity index (χ1n) is 7.01. The van der Waals surface area contributed by atoms with Crippen LogP contribution in [0.4, 0.5) is 5.69 Å². The van der Waals surface area contributed by atoms with Crippen molar-refractivity contribution in [1.82, 2.24) is 15.1 Å². The summed E-state index contributed by atoms with van der Waals surface area (Å²) in [6, 6.07) is 3.41. The summed E-state index contributed by atoms with van der Waals surface area (Å²) in [6.45, 7) is 6.01. The van der Waals surface area contributed by atoms with Crippen LogP contribution in [0.25, 0.3) is 0 Å². The van der Waals surface area contributed by atoms with E-state index in [2.05, 4.69) is 20.4 Å². The van der Waals surface area contributed by atoms with Crippen LogP contribution in [-0.2, 0) is 16.6 Å². The van der Waals surface area contributed by atoms with Crippen molar-refractivity contribution in [3.63, 3.8) is 0 Å². The monoisotopic (exact) mass is 304 g/mol. The van der Waals surface area contributed by atoms with Gasteiger partial charge in [0.05, 0.1) is 19.0 Å². The topological polar surface area (TPSA) is 90.1 Å². The van der Waals surface area contributed by atoms with Gasteiger partial charge >= 0.3 is 0 Å². The first-order valence-corrected chi connectivity index (χ1v) is 7.01. The van der Waals surface area contributed by atoms with Gasteiger partial charge in [-0.25, -0.2) is 4.98 Å². The smallest absolute Gasteiger partial charge is 0.227 e. The fourth-order valence-electron chi connectivity index (χ4n) is 1.68. The number of nitrogens with one attached hydrogen (secondary N) is 1. The van der Waals surface area contributed by atoms with Crippen LogP contribution in [0.3, 0.4) is 0 Å². The average molecular weight is 304 g/mol. The number of hydrogen-bond donors (Lipinski definition) is 1. The van der Waals surface area contributed by atoms with E-state index in [0.717, 1.165) is 0 Å². The van der Waals surface area contributed by atoms with Crippen LogP contribution < -0.4 is 10.1 Å². The molecule has 0 saturated heterocycles. The molecule has 0 aromatic carbocycles. The maximum absolute atomic E-state index is 11.9. The Morgan fingerprint density at radius 1 is 1.36 bits per heavy atom. The van der Waals surface area contributed by atoms with Gasteiger partial charge in [-0.3, -0.25) is 4.79 Å². The number of ether oxygens (including phenoxy) is 1. The maximum Gasteiger partial charge on any atom is 0.227 e. The van der Waals surface area contributed by atoms with Crippen LogP contribution in [0, 0.1) is 0 Å². The second-order valence-electron chi connectivity index (χ2n) is 5.90. The molecule has 7 nitrogen and oxygen atoms in total. The predicted octanol–water partition coefficient (Wildman–Crippen LogP) is 2.34. The summed E-state index contributed by atoms with van der Waals surface area (Å²) < 4.78 is 10.1. The molecule has 0 aliphatic carbocycles. The second-order valence-corrected chi connectivity index (χ2v) is 5.90. The Kier molecular flexibility index (Phi) is 4.75. The van der Waals surface area contributed by atoms with E-state index >= 15 is 0 Å². The number of pyridine rings is 1. The first-order chi connectivity index (χ1) is 10.4. The van der Waals surface area contributed by atoms with Crippen molar-refractivity contribution in [3.05, 3.63) is 30.0 Å². The van der Waals surface area contributed by atoms with E-state index in [0.29, 0.717) is 29.7 Å². The molecule has 0 fully saturated rings. The molecule has 0 atom stereocenters. The zero-order valence-electron chi connectivity index (χ0n) is 13.2. The van der Waals surface area contributed by atoms with Crippen molar-refractivity contribution < 1.29 is 14.1 Å². The molecule has 0 aliphatic rings. The number of carbonyl (C=O) groups excluding carboxylic acids is 1. The zero-order valence-corrected chi connectivity index (χ0v) is 13.2. The van der Waals surface area contributed by atoms with E-state index in [1.54, 1.807) is 18.3 Å². The van der Waals surface area contributed by atoms with Crippen molar-refractivity contribution in [2.45, 2.75) is 39.0 Å². The molecule has 0 aliphatic heterocycles. The Morgan fingerprint density at radius 2 is 2.14 bits per heavy atom. The minimum absolute atomic E-state index is 0.137. The molecule has 7 heteroatoms. The maximum atomic E-state index is 11.9. The van der Waals surface area contributed by atoms with Crippen LogP contribution in [-0.4, -0.2) is 28.1 Å². The zero-order chi connectivity index (χ0) is 16.2. The molecule has 2 heterocycles. The molecule has 2 aromatic heterocycles. The summed E-state index contributed by atoms with van der Waals surface area (Å²) in [5.74, 6) is 1.47. The van der Waals surface area contributed by atoms with Gasteiger partial charge in [0, 0.05) is 24.3 Å². The molecule has 0 unspecified atom stereocenters. The summed E-state index contributed by atoms with van der Waals surface area (Å²) in [6.07, 6.45) is 2.21. The van der Waals surface area contributed by atoms with Gasteiger partial charge in [-0.1, -0.05) is 25.9 Å². The normalized spacial score (nSPS) is 11.3. The van der Waals surface area contributed by atoms with E-state index in [1.165, 1.54) is 7.11 Å². The highest BCUT2D eigenvalue weighted by Gasteiger charge is 2.21. The van der Waals surface area contributed by atoms with Gasteiger partial charge in [0.2, 0.25) is 17.7 Å². The second kappa shape index (κ2) is 6.55. The van der Waals surface area contributed by atoms with Crippen molar-refractivity contribution >= 4 is 11.6 Å². The highest BCUT2D eigenvalue weighted by atomic mass is 16.5. The van der Waals surface area contributed by atoms with E-state index in [1.807, 2.05) is 20.8 Å². The molecule has 1 amide bonds. The molecule has 0 spiro atoms. The third-order valence-corrected chi connectivity index (χ3v) is 2.93. The van der Waals surface area contributed by atoms with Gasteiger partial charge in [-0.2, -0.15) is 4.98 Å². The van der Waals surface area contributed by atoms with E-state index < -0.39 is 0 Å². The third kappa shape index (κ3) is 4.28. The third-order valence-electron chi connectivity index (χ3n) is 2.93. The molecule has 118 valence electrons. The van der Waals surface area contributed by atoms with Gasteiger partial charge in [-0.05, 0) is 6.07 Å². The van der Waals surface area contributed by atoms with Crippen molar-refractivity contribution in [1.29, 1.82) is 0 Å². The summed E-state index contributed by atoms with van der Waals surface area (Å²) in [7, 11) is 1.54. The molecule has 22 heavy (non-hydrogen) atoms. The van der Waals surface area contributed by atoms with Crippen molar-refractivity contribution in [2.75, 3.05) is 12.4 Å². The summed E-state index contributed by atoms with van der Waals surface area (Å²) >= 11 is 0. The number of carbonyl (C=O) groups is 1. The Hall–Kier alpha value is -2.44. The average Bonchev–Trinajstić information content (AvgIpc) is 2.95. The highest BCUT2D eigenvalue weighted by Crippen LogP contribution is 2.19. The number of methoxy groups -OCH3 is 1. The minimum Gasteiger partial charge on any atom is -0.481 e. The number of amides is 1. The highest BCUT2D eigenvalue weighted by molar-refractivity contribution is 5.90. The first kappa shape index (κ1) is 15.9. The number of aryl methyl sites for hydroxylation is 1. The van der Waals surface area contributed by atoms with Crippen LogP contribution in [0.15, 0.2) is 22.9 Å². The fraction of sp³-hybridized carbons (Fsp3) is 0.467. The minimum atomic E-state index is -0.168.